The molecule has 2 aromatic carbocycles. The lowest BCUT2D eigenvalue weighted by molar-refractivity contribution is -0.116. The molecular formula is C21H24N2O2. The summed E-state index contributed by atoms with van der Waals surface area (Å²) in [6.07, 6.45) is 1.98. The lowest BCUT2D eigenvalue weighted by Crippen LogP contribution is -2.33. The molecule has 0 aliphatic carbocycles. The largest absolute Gasteiger partial charge is 0.350 e. The van der Waals surface area contributed by atoms with Crippen molar-refractivity contribution in [3.8, 4) is 11.1 Å². The van der Waals surface area contributed by atoms with Crippen LogP contribution < -0.4 is 10.2 Å². The maximum Gasteiger partial charge on any atom is 0.251 e. The van der Waals surface area contributed by atoms with E-state index in [4.69, 9.17) is 0 Å². The third-order valence-electron chi connectivity index (χ3n) is 4.48. The van der Waals surface area contributed by atoms with Crippen molar-refractivity contribution in [1.29, 1.82) is 0 Å². The van der Waals surface area contributed by atoms with Crippen LogP contribution in [-0.2, 0) is 11.2 Å². The van der Waals surface area contributed by atoms with Gasteiger partial charge in [0.1, 0.15) is 0 Å². The maximum atomic E-state index is 12.0. The summed E-state index contributed by atoms with van der Waals surface area (Å²) < 4.78 is 0. The van der Waals surface area contributed by atoms with Crippen molar-refractivity contribution < 1.29 is 9.59 Å². The molecular weight excluding hydrogens is 312 g/mol. The van der Waals surface area contributed by atoms with Gasteiger partial charge in [0.05, 0.1) is 0 Å². The van der Waals surface area contributed by atoms with Gasteiger partial charge in [-0.2, -0.15) is 0 Å². The fourth-order valence-corrected chi connectivity index (χ4v) is 3.26. The normalized spacial score (nSPS) is 13.5. The van der Waals surface area contributed by atoms with E-state index in [1.165, 1.54) is 5.56 Å². The highest BCUT2D eigenvalue weighted by Gasteiger charge is 2.20. The first-order chi connectivity index (χ1) is 12.0. The number of carbonyl (C=O) groups excluding carboxylic acids is 2. The van der Waals surface area contributed by atoms with Crippen molar-refractivity contribution in [2.75, 3.05) is 11.4 Å². The topological polar surface area (TPSA) is 49.4 Å². The zero-order chi connectivity index (χ0) is 18.0. The van der Waals surface area contributed by atoms with Crippen LogP contribution >= 0.6 is 0 Å². The predicted octanol–water partition coefficient (Wildman–Crippen LogP) is 3.79. The minimum Gasteiger partial charge on any atom is -0.350 e. The summed E-state index contributed by atoms with van der Waals surface area (Å²) in [5.74, 6) is 0.0401. The Kier molecular flexibility index (Phi) is 4.88. The Morgan fingerprint density at radius 2 is 1.72 bits per heavy atom. The Labute approximate surface area is 148 Å². The molecule has 3 rings (SSSR count). The number of anilines is 1. The summed E-state index contributed by atoms with van der Waals surface area (Å²) in [6.45, 7) is 6.30. The van der Waals surface area contributed by atoms with Gasteiger partial charge >= 0.3 is 0 Å². The quantitative estimate of drug-likeness (QED) is 0.927. The van der Waals surface area contributed by atoms with E-state index < -0.39 is 0 Å². The van der Waals surface area contributed by atoms with Crippen LogP contribution in [0.5, 0.6) is 0 Å². The van der Waals surface area contributed by atoms with Gasteiger partial charge in [-0.3, -0.25) is 9.59 Å². The van der Waals surface area contributed by atoms with Crippen molar-refractivity contribution in [2.24, 2.45) is 0 Å². The Bertz CT molecular complexity index is 794. The van der Waals surface area contributed by atoms with Crippen molar-refractivity contribution >= 4 is 17.5 Å². The van der Waals surface area contributed by atoms with Crippen LogP contribution in [-0.4, -0.2) is 24.4 Å². The van der Waals surface area contributed by atoms with Gasteiger partial charge < -0.3 is 10.2 Å². The number of hydrogen-bond acceptors (Lipinski definition) is 2. The molecule has 4 nitrogen and oxygen atoms in total. The van der Waals surface area contributed by atoms with E-state index >= 15 is 0 Å². The van der Waals surface area contributed by atoms with Crippen molar-refractivity contribution in [1.82, 2.24) is 5.32 Å². The highest BCUT2D eigenvalue weighted by atomic mass is 16.2. The summed E-state index contributed by atoms with van der Waals surface area (Å²) in [6, 6.07) is 14.0. The SMILES string of the molecule is CC(=O)N1CCCc2cc(-c3ccc(C(=O)NC(C)C)cc3)ccc21. The monoisotopic (exact) mass is 336 g/mol. The Morgan fingerprint density at radius 1 is 1.04 bits per heavy atom. The van der Waals surface area contributed by atoms with E-state index in [0.717, 1.165) is 36.2 Å². The average Bonchev–Trinajstić information content (AvgIpc) is 2.60. The van der Waals surface area contributed by atoms with Gasteiger partial charge in [-0.05, 0) is 67.6 Å². The fourth-order valence-electron chi connectivity index (χ4n) is 3.26. The summed E-state index contributed by atoms with van der Waals surface area (Å²) in [5, 5.41) is 2.90. The summed E-state index contributed by atoms with van der Waals surface area (Å²) >= 11 is 0. The minimum absolute atomic E-state index is 0.0518. The van der Waals surface area contributed by atoms with Gasteiger partial charge in [0.25, 0.3) is 5.91 Å². The molecule has 4 heteroatoms. The molecule has 1 aliphatic heterocycles. The Morgan fingerprint density at radius 3 is 2.36 bits per heavy atom. The molecule has 2 aromatic rings. The third kappa shape index (κ3) is 3.73. The standard InChI is InChI=1S/C21H24N2O2/c1-14(2)22-21(25)17-8-6-16(7-9-17)18-10-11-20-19(13-18)5-4-12-23(20)15(3)24/h6-11,13-14H,4-5,12H2,1-3H3,(H,22,25). The van der Waals surface area contributed by atoms with E-state index in [1.54, 1.807) is 6.92 Å². The molecule has 25 heavy (non-hydrogen) atoms. The van der Waals surface area contributed by atoms with Crippen molar-refractivity contribution in [2.45, 2.75) is 39.7 Å². The average molecular weight is 336 g/mol. The molecule has 0 atom stereocenters. The zero-order valence-electron chi connectivity index (χ0n) is 15.0. The van der Waals surface area contributed by atoms with Crippen LogP contribution in [0.1, 0.15) is 43.1 Å². The number of fused-ring (bicyclic) bond motifs is 1. The van der Waals surface area contributed by atoms with Crippen LogP contribution in [0.3, 0.4) is 0 Å². The number of nitrogens with zero attached hydrogens (tertiary/aromatic N) is 1. The van der Waals surface area contributed by atoms with Crippen LogP contribution in [0.15, 0.2) is 42.5 Å². The number of hydrogen-bond donors (Lipinski definition) is 1. The maximum absolute atomic E-state index is 12.0. The van der Waals surface area contributed by atoms with Crippen LogP contribution in [0.4, 0.5) is 5.69 Å². The zero-order valence-corrected chi connectivity index (χ0v) is 15.0. The van der Waals surface area contributed by atoms with Crippen LogP contribution in [0, 0.1) is 0 Å². The minimum atomic E-state index is -0.0518. The fraction of sp³-hybridized carbons (Fsp3) is 0.333. The number of aryl methyl sites for hydroxylation is 1. The van der Waals surface area contributed by atoms with Gasteiger partial charge in [0.15, 0.2) is 0 Å². The van der Waals surface area contributed by atoms with Gasteiger partial charge in [0, 0.05) is 30.8 Å². The summed E-state index contributed by atoms with van der Waals surface area (Å²) in [7, 11) is 0. The Hall–Kier alpha value is -2.62. The molecule has 0 saturated heterocycles. The molecule has 1 heterocycles. The molecule has 0 fully saturated rings. The number of carbonyl (C=O) groups is 2. The van der Waals surface area contributed by atoms with E-state index in [9.17, 15) is 9.59 Å². The smallest absolute Gasteiger partial charge is 0.251 e. The third-order valence-corrected chi connectivity index (χ3v) is 4.48. The molecule has 0 bridgehead atoms. The highest BCUT2D eigenvalue weighted by molar-refractivity contribution is 5.95. The van der Waals surface area contributed by atoms with Crippen LogP contribution in [0.2, 0.25) is 0 Å². The van der Waals surface area contributed by atoms with Crippen LogP contribution in [0.25, 0.3) is 11.1 Å². The van der Waals surface area contributed by atoms with E-state index in [1.807, 2.05) is 55.1 Å². The molecule has 2 amide bonds. The molecule has 0 spiro atoms. The molecule has 0 unspecified atom stereocenters. The number of rotatable bonds is 3. The molecule has 130 valence electrons. The van der Waals surface area contributed by atoms with Crippen molar-refractivity contribution in [3.05, 3.63) is 53.6 Å². The Balaban J connectivity index is 1.85. The van der Waals surface area contributed by atoms with Gasteiger partial charge in [-0.1, -0.05) is 18.2 Å². The van der Waals surface area contributed by atoms with E-state index in [2.05, 4.69) is 11.4 Å². The molecule has 0 aromatic heterocycles. The lowest BCUT2D eigenvalue weighted by Gasteiger charge is -2.29. The number of benzene rings is 2. The van der Waals surface area contributed by atoms with E-state index in [0.29, 0.717) is 5.56 Å². The summed E-state index contributed by atoms with van der Waals surface area (Å²) in [4.78, 5) is 25.7. The lowest BCUT2D eigenvalue weighted by atomic mass is 9.95. The van der Waals surface area contributed by atoms with E-state index in [-0.39, 0.29) is 17.9 Å². The first-order valence-corrected chi connectivity index (χ1v) is 8.78. The highest BCUT2D eigenvalue weighted by Crippen LogP contribution is 2.31. The molecule has 1 aliphatic rings. The van der Waals surface area contributed by atoms with Crippen molar-refractivity contribution in [3.63, 3.8) is 0 Å². The van der Waals surface area contributed by atoms with Gasteiger partial charge in [-0.25, -0.2) is 0 Å². The second kappa shape index (κ2) is 7.09. The second-order valence-corrected chi connectivity index (χ2v) is 6.82. The molecule has 0 saturated carbocycles. The van der Waals surface area contributed by atoms with Gasteiger partial charge in [0.2, 0.25) is 5.91 Å². The van der Waals surface area contributed by atoms with Gasteiger partial charge in [-0.15, -0.1) is 0 Å². The second-order valence-electron chi connectivity index (χ2n) is 6.82. The first kappa shape index (κ1) is 17.2. The molecule has 1 N–H and O–H groups in total. The predicted molar refractivity (Wildman–Crippen MR) is 101 cm³/mol. The number of amides is 2. The number of nitrogens with one attached hydrogen (secondary N) is 1. The first-order valence-electron chi connectivity index (χ1n) is 8.78. The summed E-state index contributed by atoms with van der Waals surface area (Å²) in [5.41, 5.74) is 5.08. The molecule has 0 radical (unpaired) electrons.